The van der Waals surface area contributed by atoms with Crippen LogP contribution >= 0.6 is 0 Å². The predicted molar refractivity (Wildman–Crippen MR) is 48.4 cm³/mol. The molecular weight excluding hydrogens is 150 g/mol. The first-order valence-electron chi connectivity index (χ1n) is 3.86. The van der Waals surface area contributed by atoms with E-state index in [-0.39, 0.29) is 5.56 Å². The van der Waals surface area contributed by atoms with Crippen molar-refractivity contribution >= 4 is 0 Å². The molecule has 0 unspecified atom stereocenters. The molecule has 0 radical (unpaired) electrons. The molecule has 1 heterocycles. The maximum atomic E-state index is 11.2. The van der Waals surface area contributed by atoms with Crippen molar-refractivity contribution in [3.8, 4) is 11.3 Å². The van der Waals surface area contributed by atoms with Crippen LogP contribution in [0.4, 0.5) is 0 Å². The zero-order valence-electron chi connectivity index (χ0n) is 6.79. The van der Waals surface area contributed by atoms with Crippen LogP contribution in [0.15, 0.2) is 35.1 Å². The Labute approximate surface area is 70.2 Å². The number of aromatic amines is 1. The highest BCUT2D eigenvalue weighted by Gasteiger charge is 2.07. The van der Waals surface area contributed by atoms with Gasteiger partial charge in [0.15, 0.2) is 0 Å². The lowest BCUT2D eigenvalue weighted by molar-refractivity contribution is 1.29. The topological polar surface area (TPSA) is 32.9 Å². The standard InChI is InChI=1S/C10H9NO/c1-7-8-5-3-2-4-6-9(8)11-10(7)12/h2-6H,1H3,(H,11,12). The lowest BCUT2D eigenvalue weighted by atomic mass is 10.1. The molecule has 12 heavy (non-hydrogen) atoms. The summed E-state index contributed by atoms with van der Waals surface area (Å²) in [5.41, 5.74) is 2.71. The Bertz CT molecular complexity index is 430. The molecular formula is C10H9NO. The van der Waals surface area contributed by atoms with Crippen LogP contribution in [-0.4, -0.2) is 4.98 Å². The van der Waals surface area contributed by atoms with Gasteiger partial charge >= 0.3 is 0 Å². The van der Waals surface area contributed by atoms with Gasteiger partial charge in [0.05, 0.1) is 0 Å². The van der Waals surface area contributed by atoms with Crippen molar-refractivity contribution < 1.29 is 0 Å². The number of rotatable bonds is 0. The summed E-state index contributed by atoms with van der Waals surface area (Å²) in [5.74, 6) is 0. The molecule has 1 aliphatic heterocycles. The third kappa shape index (κ3) is 0.925. The number of hydrogen-bond donors (Lipinski definition) is 1. The largest absolute Gasteiger partial charge is 0.322 e. The molecule has 0 aromatic heterocycles. The zero-order valence-corrected chi connectivity index (χ0v) is 6.79. The van der Waals surface area contributed by atoms with Gasteiger partial charge in [0.1, 0.15) is 0 Å². The molecule has 0 spiro atoms. The maximum Gasteiger partial charge on any atom is 0.251 e. The van der Waals surface area contributed by atoms with Gasteiger partial charge in [-0.1, -0.05) is 24.3 Å². The summed E-state index contributed by atoms with van der Waals surface area (Å²) in [5, 5.41) is 0. The fourth-order valence-electron chi connectivity index (χ4n) is 1.32. The molecule has 1 aliphatic carbocycles. The molecule has 2 rings (SSSR count). The molecule has 0 aromatic carbocycles. The van der Waals surface area contributed by atoms with Crippen molar-refractivity contribution in [1.82, 2.24) is 4.98 Å². The normalized spacial score (nSPS) is 10.4. The van der Waals surface area contributed by atoms with Crippen LogP contribution in [0.1, 0.15) is 5.56 Å². The molecule has 0 saturated heterocycles. The Morgan fingerprint density at radius 2 is 1.92 bits per heavy atom. The summed E-state index contributed by atoms with van der Waals surface area (Å²) in [4.78, 5) is 14.0. The van der Waals surface area contributed by atoms with Crippen LogP contribution in [0.25, 0.3) is 11.3 Å². The van der Waals surface area contributed by atoms with Crippen LogP contribution in [0.5, 0.6) is 0 Å². The third-order valence-electron chi connectivity index (χ3n) is 2.03. The average Bonchev–Trinajstić information content (AvgIpc) is 2.30. The van der Waals surface area contributed by atoms with Crippen molar-refractivity contribution in [2.45, 2.75) is 6.92 Å². The van der Waals surface area contributed by atoms with Gasteiger partial charge < -0.3 is 4.98 Å². The minimum absolute atomic E-state index is 0.0104. The van der Waals surface area contributed by atoms with Crippen molar-refractivity contribution in [3.63, 3.8) is 0 Å². The monoisotopic (exact) mass is 159 g/mol. The predicted octanol–water partition coefficient (Wildman–Crippen LogP) is 1.79. The SMILES string of the molecule is Cc1c2cccccc-2[nH]c1=O. The summed E-state index contributed by atoms with van der Waals surface area (Å²) in [6.45, 7) is 1.83. The summed E-state index contributed by atoms with van der Waals surface area (Å²) < 4.78 is 0. The zero-order chi connectivity index (χ0) is 8.55. The molecule has 2 nitrogen and oxygen atoms in total. The van der Waals surface area contributed by atoms with Crippen LogP contribution in [-0.2, 0) is 0 Å². The van der Waals surface area contributed by atoms with Gasteiger partial charge in [-0.05, 0) is 13.0 Å². The first-order chi connectivity index (χ1) is 5.79. The minimum atomic E-state index is 0.0104. The highest BCUT2D eigenvalue weighted by Crippen LogP contribution is 2.18. The molecule has 60 valence electrons. The van der Waals surface area contributed by atoms with Crippen LogP contribution in [0.2, 0.25) is 0 Å². The Hall–Kier alpha value is -1.57. The van der Waals surface area contributed by atoms with Crippen LogP contribution < -0.4 is 5.56 Å². The fraction of sp³-hybridized carbons (Fsp3) is 0.100. The minimum Gasteiger partial charge on any atom is -0.322 e. The van der Waals surface area contributed by atoms with Gasteiger partial charge in [-0.3, -0.25) is 4.79 Å². The number of H-pyrrole nitrogens is 1. The third-order valence-corrected chi connectivity index (χ3v) is 2.03. The molecule has 0 aromatic rings. The van der Waals surface area contributed by atoms with Gasteiger partial charge in [-0.15, -0.1) is 0 Å². The Kier molecular flexibility index (Phi) is 1.47. The van der Waals surface area contributed by atoms with Gasteiger partial charge in [0.2, 0.25) is 0 Å². The van der Waals surface area contributed by atoms with Gasteiger partial charge in [0, 0.05) is 16.8 Å². The second-order valence-electron chi connectivity index (χ2n) is 2.82. The number of fused-ring (bicyclic) bond motifs is 1. The van der Waals surface area contributed by atoms with E-state index >= 15 is 0 Å². The Morgan fingerprint density at radius 1 is 1.17 bits per heavy atom. The second-order valence-corrected chi connectivity index (χ2v) is 2.82. The van der Waals surface area contributed by atoms with Gasteiger partial charge in [-0.2, -0.15) is 0 Å². The Balaban J connectivity index is 2.88. The van der Waals surface area contributed by atoms with E-state index in [9.17, 15) is 4.79 Å². The summed E-state index contributed by atoms with van der Waals surface area (Å²) in [6, 6.07) is 9.64. The average molecular weight is 159 g/mol. The summed E-state index contributed by atoms with van der Waals surface area (Å²) in [7, 11) is 0. The van der Waals surface area contributed by atoms with E-state index in [0.717, 1.165) is 16.8 Å². The van der Waals surface area contributed by atoms with Gasteiger partial charge in [0.25, 0.3) is 5.56 Å². The van der Waals surface area contributed by atoms with Crippen molar-refractivity contribution in [1.29, 1.82) is 0 Å². The molecule has 2 aliphatic rings. The lowest BCUT2D eigenvalue weighted by Gasteiger charge is -1.89. The highest BCUT2D eigenvalue weighted by molar-refractivity contribution is 5.64. The van der Waals surface area contributed by atoms with E-state index in [1.54, 1.807) is 0 Å². The van der Waals surface area contributed by atoms with Crippen molar-refractivity contribution in [3.05, 3.63) is 46.2 Å². The van der Waals surface area contributed by atoms with Crippen LogP contribution in [0, 0.1) is 6.92 Å². The molecule has 0 atom stereocenters. The van der Waals surface area contributed by atoms with E-state index in [4.69, 9.17) is 0 Å². The van der Waals surface area contributed by atoms with E-state index in [1.807, 2.05) is 37.3 Å². The van der Waals surface area contributed by atoms with Crippen molar-refractivity contribution in [2.24, 2.45) is 0 Å². The molecule has 0 fully saturated rings. The summed E-state index contributed by atoms with van der Waals surface area (Å²) in [6.07, 6.45) is 0. The first-order valence-corrected chi connectivity index (χ1v) is 3.86. The molecule has 1 N–H and O–H groups in total. The molecule has 0 amide bonds. The molecule has 2 heteroatoms. The van der Waals surface area contributed by atoms with E-state index in [2.05, 4.69) is 4.98 Å². The smallest absolute Gasteiger partial charge is 0.251 e. The van der Waals surface area contributed by atoms with Gasteiger partial charge in [-0.25, -0.2) is 0 Å². The number of aromatic nitrogens is 1. The lowest BCUT2D eigenvalue weighted by Crippen LogP contribution is -1.99. The number of hydrogen-bond acceptors (Lipinski definition) is 1. The maximum absolute atomic E-state index is 11.2. The molecule has 0 saturated carbocycles. The second kappa shape index (κ2) is 2.48. The van der Waals surface area contributed by atoms with Crippen molar-refractivity contribution in [2.75, 3.05) is 0 Å². The van der Waals surface area contributed by atoms with E-state index in [0.29, 0.717) is 0 Å². The molecule has 0 bridgehead atoms. The first kappa shape index (κ1) is 7.10. The number of nitrogens with one attached hydrogen (secondary N) is 1. The Morgan fingerprint density at radius 3 is 2.75 bits per heavy atom. The fourth-order valence-corrected chi connectivity index (χ4v) is 1.32. The van der Waals surface area contributed by atoms with E-state index < -0.39 is 0 Å². The quantitative estimate of drug-likeness (QED) is 0.624. The summed E-state index contributed by atoms with van der Waals surface area (Å²) >= 11 is 0. The van der Waals surface area contributed by atoms with Crippen LogP contribution in [0.3, 0.4) is 0 Å². The van der Waals surface area contributed by atoms with E-state index in [1.165, 1.54) is 0 Å². The highest BCUT2D eigenvalue weighted by atomic mass is 16.1.